The second-order valence-electron chi connectivity index (χ2n) is 4.03. The number of hydrogen-bond acceptors (Lipinski definition) is 2. The van der Waals surface area contributed by atoms with Crippen LogP contribution in [0.2, 0.25) is 0 Å². The van der Waals surface area contributed by atoms with Crippen molar-refractivity contribution in [3.05, 3.63) is 35.9 Å². The van der Waals surface area contributed by atoms with Gasteiger partial charge in [0.15, 0.2) is 0 Å². The van der Waals surface area contributed by atoms with Gasteiger partial charge in [-0.05, 0) is 24.8 Å². The Morgan fingerprint density at radius 1 is 1.07 bits per heavy atom. The molecule has 1 nitrogen and oxygen atoms in total. The van der Waals surface area contributed by atoms with Crippen molar-refractivity contribution in [2.24, 2.45) is 5.73 Å². The quantitative estimate of drug-likeness (QED) is 0.539. The Hall–Kier alpha value is -0.470. The molecule has 0 aromatic heterocycles. The minimum absolute atomic E-state index is 0.282. The number of rotatable bonds is 7. The van der Waals surface area contributed by atoms with Gasteiger partial charge in [0, 0.05) is 11.8 Å². The van der Waals surface area contributed by atoms with E-state index in [1.165, 1.54) is 31.2 Å². The molecule has 0 amide bonds. The maximum Gasteiger partial charge on any atom is 0.0127 e. The van der Waals surface area contributed by atoms with Gasteiger partial charge in [-0.3, -0.25) is 0 Å². The number of aryl methyl sites for hydroxylation is 1. The molecule has 1 atom stereocenters. The van der Waals surface area contributed by atoms with Gasteiger partial charge < -0.3 is 5.73 Å². The van der Waals surface area contributed by atoms with Crippen LogP contribution in [0.5, 0.6) is 0 Å². The molecule has 2 heteroatoms. The van der Waals surface area contributed by atoms with Crippen molar-refractivity contribution < 1.29 is 0 Å². The minimum atomic E-state index is 0.282. The highest BCUT2D eigenvalue weighted by Gasteiger charge is 1.98. The molecule has 0 saturated heterocycles. The van der Waals surface area contributed by atoms with Gasteiger partial charge in [-0.2, -0.15) is 12.6 Å². The molecule has 0 aliphatic heterocycles. The number of nitrogens with two attached hydrogens (primary N) is 1. The molecule has 0 fully saturated rings. The molecule has 0 aliphatic carbocycles. The summed E-state index contributed by atoms with van der Waals surface area (Å²) in [6.45, 7) is 0. The Morgan fingerprint density at radius 2 is 1.80 bits per heavy atom. The minimum Gasteiger partial charge on any atom is -0.327 e. The van der Waals surface area contributed by atoms with Gasteiger partial charge in [0.2, 0.25) is 0 Å². The molecule has 0 unspecified atom stereocenters. The lowest BCUT2D eigenvalue weighted by atomic mass is 10.0. The van der Waals surface area contributed by atoms with Gasteiger partial charge in [-0.15, -0.1) is 0 Å². The molecule has 2 N–H and O–H groups in total. The van der Waals surface area contributed by atoms with Crippen LogP contribution in [0.3, 0.4) is 0 Å². The molecule has 1 rings (SSSR count). The highest BCUT2D eigenvalue weighted by Crippen LogP contribution is 2.08. The van der Waals surface area contributed by atoms with Crippen LogP contribution in [0.1, 0.15) is 31.2 Å². The smallest absolute Gasteiger partial charge is 0.0127 e. The first-order valence-corrected chi connectivity index (χ1v) is 6.36. The third-order valence-corrected chi connectivity index (χ3v) is 3.09. The summed E-state index contributed by atoms with van der Waals surface area (Å²) in [5.74, 6) is 0.804. The van der Waals surface area contributed by atoms with E-state index >= 15 is 0 Å². The summed E-state index contributed by atoms with van der Waals surface area (Å²) in [6.07, 6.45) is 6.07. The summed E-state index contributed by atoms with van der Waals surface area (Å²) >= 11 is 4.17. The van der Waals surface area contributed by atoms with E-state index in [0.29, 0.717) is 0 Å². The monoisotopic (exact) mass is 223 g/mol. The highest BCUT2D eigenvalue weighted by atomic mass is 32.1. The first-order valence-electron chi connectivity index (χ1n) is 5.73. The third-order valence-electron chi connectivity index (χ3n) is 2.62. The van der Waals surface area contributed by atoms with Gasteiger partial charge in [0.1, 0.15) is 0 Å². The lowest BCUT2D eigenvalue weighted by molar-refractivity contribution is 0.584. The number of unbranched alkanes of at least 4 members (excludes halogenated alkanes) is 2. The van der Waals surface area contributed by atoms with Crippen molar-refractivity contribution in [1.29, 1.82) is 0 Å². The van der Waals surface area contributed by atoms with E-state index in [9.17, 15) is 0 Å². The van der Waals surface area contributed by atoms with E-state index in [1.807, 2.05) is 0 Å². The first kappa shape index (κ1) is 12.6. The second-order valence-corrected chi connectivity index (χ2v) is 4.39. The fraction of sp³-hybridized carbons (Fsp3) is 0.538. The molecule has 0 spiro atoms. The van der Waals surface area contributed by atoms with Crippen LogP contribution in [0.25, 0.3) is 0 Å². The zero-order valence-corrected chi connectivity index (χ0v) is 10.1. The lowest BCUT2D eigenvalue weighted by Crippen LogP contribution is -2.21. The van der Waals surface area contributed by atoms with E-state index in [1.54, 1.807) is 0 Å². The Morgan fingerprint density at radius 3 is 2.47 bits per heavy atom. The van der Waals surface area contributed by atoms with Gasteiger partial charge >= 0.3 is 0 Å². The number of thiol groups is 1. The fourth-order valence-corrected chi connectivity index (χ4v) is 1.83. The van der Waals surface area contributed by atoms with Crippen LogP contribution in [0, 0.1) is 0 Å². The number of benzene rings is 1. The normalized spacial score (nSPS) is 12.7. The molecular formula is C13H21NS. The van der Waals surface area contributed by atoms with Crippen molar-refractivity contribution >= 4 is 12.6 Å². The van der Waals surface area contributed by atoms with Gasteiger partial charge in [0.05, 0.1) is 0 Å². The van der Waals surface area contributed by atoms with Crippen molar-refractivity contribution in [3.8, 4) is 0 Å². The molecular weight excluding hydrogens is 202 g/mol. The highest BCUT2D eigenvalue weighted by molar-refractivity contribution is 7.80. The summed E-state index contributed by atoms with van der Waals surface area (Å²) < 4.78 is 0. The second kappa shape index (κ2) is 7.77. The van der Waals surface area contributed by atoms with E-state index < -0.39 is 0 Å². The summed E-state index contributed by atoms with van der Waals surface area (Å²) in [5, 5.41) is 0. The van der Waals surface area contributed by atoms with Crippen molar-refractivity contribution in [3.63, 3.8) is 0 Å². The van der Waals surface area contributed by atoms with E-state index in [0.717, 1.165) is 12.2 Å². The Balaban J connectivity index is 2.03. The molecule has 1 aromatic rings. The van der Waals surface area contributed by atoms with Crippen molar-refractivity contribution in [2.75, 3.05) is 5.75 Å². The topological polar surface area (TPSA) is 26.0 Å². The summed E-state index contributed by atoms with van der Waals surface area (Å²) in [6, 6.07) is 10.9. The zero-order chi connectivity index (χ0) is 10.9. The fourth-order valence-electron chi connectivity index (χ4n) is 1.65. The largest absolute Gasteiger partial charge is 0.327 e. The molecule has 15 heavy (non-hydrogen) atoms. The molecule has 84 valence electrons. The third kappa shape index (κ3) is 5.85. The predicted molar refractivity (Wildman–Crippen MR) is 70.4 cm³/mol. The molecule has 0 saturated carbocycles. The van der Waals surface area contributed by atoms with Crippen LogP contribution in [0.15, 0.2) is 30.3 Å². The Labute approximate surface area is 98.5 Å². The van der Waals surface area contributed by atoms with Crippen LogP contribution < -0.4 is 5.73 Å². The maximum atomic E-state index is 5.79. The average molecular weight is 223 g/mol. The summed E-state index contributed by atoms with van der Waals surface area (Å²) in [5.41, 5.74) is 7.23. The van der Waals surface area contributed by atoms with E-state index in [4.69, 9.17) is 5.73 Å². The Kier molecular flexibility index (Phi) is 6.53. The maximum absolute atomic E-state index is 5.79. The van der Waals surface area contributed by atoms with Crippen LogP contribution in [0.4, 0.5) is 0 Å². The molecule has 0 bridgehead atoms. The predicted octanol–water partition coefficient (Wildman–Crippen LogP) is 3.05. The van der Waals surface area contributed by atoms with Crippen LogP contribution >= 0.6 is 12.6 Å². The Bertz CT molecular complexity index is 248. The van der Waals surface area contributed by atoms with Crippen molar-refractivity contribution in [2.45, 2.75) is 38.1 Å². The molecule has 0 heterocycles. The van der Waals surface area contributed by atoms with Crippen molar-refractivity contribution in [1.82, 2.24) is 0 Å². The van der Waals surface area contributed by atoms with E-state index in [2.05, 4.69) is 43.0 Å². The van der Waals surface area contributed by atoms with Gasteiger partial charge in [0.25, 0.3) is 0 Å². The molecule has 0 radical (unpaired) electrons. The average Bonchev–Trinajstić information content (AvgIpc) is 2.29. The van der Waals surface area contributed by atoms with Gasteiger partial charge in [-0.1, -0.05) is 43.2 Å². The SMILES string of the molecule is N[C@H](CS)CCCCCc1ccccc1. The molecule has 1 aromatic carbocycles. The number of hydrogen-bond donors (Lipinski definition) is 2. The van der Waals surface area contributed by atoms with Crippen LogP contribution in [-0.2, 0) is 6.42 Å². The lowest BCUT2D eigenvalue weighted by Gasteiger charge is -2.07. The standard InChI is InChI=1S/C13H21NS/c14-13(11-15)10-6-2-5-9-12-7-3-1-4-8-12/h1,3-4,7-8,13,15H,2,5-6,9-11,14H2/t13-/m0/s1. The van der Waals surface area contributed by atoms with E-state index in [-0.39, 0.29) is 6.04 Å². The first-order chi connectivity index (χ1) is 7.33. The van der Waals surface area contributed by atoms with Gasteiger partial charge in [-0.25, -0.2) is 0 Å². The summed E-state index contributed by atoms with van der Waals surface area (Å²) in [4.78, 5) is 0. The zero-order valence-electron chi connectivity index (χ0n) is 9.23. The van der Waals surface area contributed by atoms with Crippen LogP contribution in [-0.4, -0.2) is 11.8 Å². The summed E-state index contributed by atoms with van der Waals surface area (Å²) in [7, 11) is 0. The molecule has 0 aliphatic rings.